The van der Waals surface area contributed by atoms with E-state index in [0.717, 1.165) is 47.1 Å². The Morgan fingerprint density at radius 2 is 1.74 bits per heavy atom. The molecule has 4 aromatic rings. The molecular formula is C25H21Cl2N3O3S. The highest BCUT2D eigenvalue weighted by Gasteiger charge is 2.24. The summed E-state index contributed by atoms with van der Waals surface area (Å²) in [5.41, 5.74) is 1.05. The molecule has 34 heavy (non-hydrogen) atoms. The van der Waals surface area contributed by atoms with Gasteiger partial charge in [-0.15, -0.1) is 11.3 Å². The van der Waals surface area contributed by atoms with Crippen LogP contribution in [0.15, 0.2) is 58.1 Å². The lowest BCUT2D eigenvalue weighted by atomic mass is 10.1. The zero-order valence-corrected chi connectivity index (χ0v) is 20.5. The van der Waals surface area contributed by atoms with Gasteiger partial charge in [-0.1, -0.05) is 35.7 Å². The van der Waals surface area contributed by atoms with Gasteiger partial charge in [0.1, 0.15) is 11.4 Å². The highest BCUT2D eigenvalue weighted by molar-refractivity contribution is 7.18. The van der Waals surface area contributed by atoms with Crippen molar-refractivity contribution in [2.24, 2.45) is 0 Å². The molecule has 0 bridgehead atoms. The molecule has 0 aliphatic heterocycles. The average molecular weight is 514 g/mol. The van der Waals surface area contributed by atoms with Crippen molar-refractivity contribution in [2.45, 2.75) is 38.6 Å². The summed E-state index contributed by atoms with van der Waals surface area (Å²) in [7, 11) is 0. The van der Waals surface area contributed by atoms with Crippen molar-refractivity contribution in [3.63, 3.8) is 0 Å². The third kappa shape index (κ3) is 4.31. The lowest BCUT2D eigenvalue weighted by Gasteiger charge is -2.13. The molecule has 0 unspecified atom stereocenters. The largest absolute Gasteiger partial charge is 0.337 e. The van der Waals surface area contributed by atoms with Crippen LogP contribution >= 0.6 is 34.5 Å². The van der Waals surface area contributed by atoms with E-state index in [1.807, 2.05) is 0 Å². The molecule has 0 spiro atoms. The van der Waals surface area contributed by atoms with Crippen LogP contribution in [-0.2, 0) is 24.2 Å². The smallest absolute Gasteiger partial charge is 0.324 e. The van der Waals surface area contributed by atoms with Gasteiger partial charge in [-0.2, -0.15) is 0 Å². The SMILES string of the molecule is O=C(Cn1c(=O)n(-c2ccc(Cl)cc2)c(=O)c2c3c(sc21)CCCCC3)Nc1cccc(Cl)c1. The third-order valence-electron chi connectivity index (χ3n) is 5.98. The maximum Gasteiger partial charge on any atom is 0.337 e. The molecule has 1 amide bonds. The van der Waals surface area contributed by atoms with Gasteiger partial charge in [-0.05, 0) is 73.7 Å². The topological polar surface area (TPSA) is 73.1 Å². The highest BCUT2D eigenvalue weighted by atomic mass is 35.5. The van der Waals surface area contributed by atoms with Gasteiger partial charge in [0.25, 0.3) is 5.56 Å². The fourth-order valence-corrected chi connectivity index (χ4v) is 6.10. The number of rotatable bonds is 4. The van der Waals surface area contributed by atoms with E-state index < -0.39 is 5.69 Å². The molecule has 2 aromatic heterocycles. The summed E-state index contributed by atoms with van der Waals surface area (Å²) in [4.78, 5) is 41.9. The Morgan fingerprint density at radius 3 is 2.50 bits per heavy atom. The molecule has 6 nitrogen and oxygen atoms in total. The number of benzene rings is 2. The predicted octanol–water partition coefficient (Wildman–Crippen LogP) is 5.43. The number of anilines is 1. The Kier molecular flexibility index (Phi) is 6.34. The summed E-state index contributed by atoms with van der Waals surface area (Å²) < 4.78 is 2.55. The number of aromatic nitrogens is 2. The number of aryl methyl sites for hydroxylation is 2. The van der Waals surface area contributed by atoms with E-state index in [-0.39, 0.29) is 18.0 Å². The molecule has 1 N–H and O–H groups in total. The molecule has 1 aliphatic rings. The van der Waals surface area contributed by atoms with Crippen molar-refractivity contribution >= 4 is 56.3 Å². The standard InChI is InChI=1S/C25H21Cl2N3O3S/c26-15-9-11-18(12-10-15)30-23(32)22-19-7-2-1-3-8-20(19)34-24(22)29(25(30)33)14-21(31)28-17-6-4-5-16(27)13-17/h4-6,9-13H,1-3,7-8,14H2,(H,28,31). The van der Waals surface area contributed by atoms with Gasteiger partial charge in [0, 0.05) is 20.6 Å². The van der Waals surface area contributed by atoms with Crippen LogP contribution in [0.2, 0.25) is 10.0 Å². The summed E-state index contributed by atoms with van der Waals surface area (Å²) in [6.07, 6.45) is 4.81. The number of hydrogen-bond donors (Lipinski definition) is 1. The van der Waals surface area contributed by atoms with Gasteiger partial charge in [-0.3, -0.25) is 14.2 Å². The van der Waals surface area contributed by atoms with E-state index in [2.05, 4.69) is 5.32 Å². The first kappa shape index (κ1) is 22.9. The predicted molar refractivity (Wildman–Crippen MR) is 138 cm³/mol. The van der Waals surface area contributed by atoms with Gasteiger partial charge in [0.05, 0.1) is 11.1 Å². The average Bonchev–Trinajstić information content (AvgIpc) is 3.01. The monoisotopic (exact) mass is 513 g/mol. The third-order valence-corrected chi connectivity index (χ3v) is 7.78. The lowest BCUT2D eigenvalue weighted by Crippen LogP contribution is -2.40. The minimum Gasteiger partial charge on any atom is -0.324 e. The first-order valence-electron chi connectivity index (χ1n) is 11.0. The van der Waals surface area contributed by atoms with E-state index in [1.54, 1.807) is 48.5 Å². The van der Waals surface area contributed by atoms with Crippen molar-refractivity contribution in [3.05, 3.63) is 89.9 Å². The first-order valence-corrected chi connectivity index (χ1v) is 12.6. The summed E-state index contributed by atoms with van der Waals surface area (Å²) in [5.74, 6) is -0.379. The van der Waals surface area contributed by atoms with E-state index in [1.165, 1.54) is 15.9 Å². The Labute approximate surface area is 209 Å². The molecular weight excluding hydrogens is 493 g/mol. The quantitative estimate of drug-likeness (QED) is 0.370. The molecule has 2 heterocycles. The van der Waals surface area contributed by atoms with Crippen molar-refractivity contribution in [1.29, 1.82) is 0 Å². The Bertz CT molecular complexity index is 1520. The molecule has 2 aromatic carbocycles. The summed E-state index contributed by atoms with van der Waals surface area (Å²) in [6.45, 7) is -0.227. The molecule has 5 rings (SSSR count). The van der Waals surface area contributed by atoms with Crippen LogP contribution in [0.3, 0.4) is 0 Å². The minimum absolute atomic E-state index is 0.227. The number of fused-ring (bicyclic) bond motifs is 3. The minimum atomic E-state index is -0.558. The maximum atomic E-state index is 13.7. The van der Waals surface area contributed by atoms with Crippen LogP contribution in [0.25, 0.3) is 15.9 Å². The molecule has 9 heteroatoms. The Morgan fingerprint density at radius 1 is 0.971 bits per heavy atom. The fraction of sp³-hybridized carbons (Fsp3) is 0.240. The number of halogens is 2. The zero-order valence-electron chi connectivity index (χ0n) is 18.1. The van der Waals surface area contributed by atoms with Crippen molar-refractivity contribution in [2.75, 3.05) is 5.32 Å². The van der Waals surface area contributed by atoms with E-state index in [4.69, 9.17) is 23.2 Å². The van der Waals surface area contributed by atoms with Crippen molar-refractivity contribution < 1.29 is 4.79 Å². The van der Waals surface area contributed by atoms with E-state index in [9.17, 15) is 14.4 Å². The molecule has 0 atom stereocenters. The number of carbonyl (C=O) groups is 1. The summed E-state index contributed by atoms with van der Waals surface area (Å²) in [6, 6.07) is 13.4. The van der Waals surface area contributed by atoms with Crippen molar-refractivity contribution in [3.8, 4) is 5.69 Å². The van der Waals surface area contributed by atoms with Crippen LogP contribution in [0.4, 0.5) is 5.69 Å². The molecule has 0 radical (unpaired) electrons. The number of nitrogens with zero attached hydrogens (tertiary/aromatic N) is 2. The first-order chi connectivity index (χ1) is 16.4. The number of carbonyl (C=O) groups excluding carboxylic acids is 1. The van der Waals surface area contributed by atoms with Crippen LogP contribution in [-0.4, -0.2) is 15.0 Å². The highest BCUT2D eigenvalue weighted by Crippen LogP contribution is 2.33. The molecule has 0 saturated carbocycles. The molecule has 1 aliphatic carbocycles. The lowest BCUT2D eigenvalue weighted by molar-refractivity contribution is -0.116. The molecule has 174 valence electrons. The van der Waals surface area contributed by atoms with Crippen LogP contribution in [0.1, 0.15) is 29.7 Å². The van der Waals surface area contributed by atoms with Crippen LogP contribution in [0, 0.1) is 0 Å². The Balaban J connectivity index is 1.68. The number of amides is 1. The normalized spacial score (nSPS) is 13.5. The van der Waals surface area contributed by atoms with E-state index >= 15 is 0 Å². The van der Waals surface area contributed by atoms with Crippen LogP contribution < -0.4 is 16.6 Å². The molecule has 0 fully saturated rings. The van der Waals surface area contributed by atoms with Gasteiger partial charge in [0.2, 0.25) is 5.91 Å². The number of thiophene rings is 1. The van der Waals surface area contributed by atoms with Gasteiger partial charge < -0.3 is 5.32 Å². The second kappa shape index (κ2) is 9.41. The number of hydrogen-bond acceptors (Lipinski definition) is 4. The Hall–Kier alpha value is -2.87. The van der Waals surface area contributed by atoms with Gasteiger partial charge in [-0.25, -0.2) is 9.36 Å². The maximum absolute atomic E-state index is 13.7. The zero-order chi connectivity index (χ0) is 23.8. The van der Waals surface area contributed by atoms with Gasteiger partial charge in [0.15, 0.2) is 0 Å². The summed E-state index contributed by atoms with van der Waals surface area (Å²) in [5, 5.41) is 4.33. The van der Waals surface area contributed by atoms with E-state index in [0.29, 0.717) is 31.6 Å². The van der Waals surface area contributed by atoms with Crippen molar-refractivity contribution in [1.82, 2.24) is 9.13 Å². The second-order valence-corrected chi connectivity index (χ2v) is 10.2. The second-order valence-electron chi connectivity index (χ2n) is 8.29. The molecule has 0 saturated heterocycles. The number of nitrogens with one attached hydrogen (secondary N) is 1. The summed E-state index contributed by atoms with van der Waals surface area (Å²) >= 11 is 13.5. The van der Waals surface area contributed by atoms with Gasteiger partial charge >= 0.3 is 5.69 Å². The van der Waals surface area contributed by atoms with Crippen LogP contribution in [0.5, 0.6) is 0 Å². The fourth-order valence-electron chi connectivity index (χ4n) is 4.41.